The summed E-state index contributed by atoms with van der Waals surface area (Å²) in [7, 11) is 0. The standard InChI is InChI=1S/C26H27N3O3/c1-3-19(2)24(28-25(30)21-12-6-4-7-13-21)26(31)29-27-18-20-11-10-16-23(17-20)32-22-14-8-5-9-15-22/h4-19,24H,3H2,1-2H3,(H,28,30)(H,29,31)/b27-18+/t19?,24-/m0/s1. The molecular formula is C26H27N3O3. The summed E-state index contributed by atoms with van der Waals surface area (Å²) in [4.78, 5) is 25.3. The van der Waals surface area contributed by atoms with E-state index in [1.165, 1.54) is 0 Å². The molecule has 0 bridgehead atoms. The van der Waals surface area contributed by atoms with Crippen LogP contribution in [0.25, 0.3) is 0 Å². The molecule has 0 heterocycles. The van der Waals surface area contributed by atoms with E-state index in [-0.39, 0.29) is 17.7 Å². The van der Waals surface area contributed by atoms with Crippen LogP contribution in [0.15, 0.2) is 90.0 Å². The van der Waals surface area contributed by atoms with Crippen LogP contribution in [0.2, 0.25) is 0 Å². The summed E-state index contributed by atoms with van der Waals surface area (Å²) in [6.07, 6.45) is 2.28. The molecule has 0 saturated carbocycles. The molecule has 32 heavy (non-hydrogen) atoms. The first-order valence-electron chi connectivity index (χ1n) is 10.6. The van der Waals surface area contributed by atoms with Crippen LogP contribution in [0.3, 0.4) is 0 Å². The zero-order valence-electron chi connectivity index (χ0n) is 18.2. The monoisotopic (exact) mass is 429 g/mol. The fourth-order valence-electron chi connectivity index (χ4n) is 3.04. The number of hydrogen-bond acceptors (Lipinski definition) is 4. The van der Waals surface area contributed by atoms with Crippen molar-refractivity contribution >= 4 is 18.0 Å². The summed E-state index contributed by atoms with van der Waals surface area (Å²) in [6.45, 7) is 3.89. The molecule has 6 nitrogen and oxygen atoms in total. The smallest absolute Gasteiger partial charge is 0.262 e. The zero-order chi connectivity index (χ0) is 22.8. The summed E-state index contributed by atoms with van der Waals surface area (Å²) in [5, 5.41) is 6.90. The highest BCUT2D eigenvalue weighted by molar-refractivity contribution is 5.97. The SMILES string of the molecule is CCC(C)[C@H](NC(=O)c1ccccc1)C(=O)N/N=C/c1cccc(Oc2ccccc2)c1. The molecular weight excluding hydrogens is 402 g/mol. The van der Waals surface area contributed by atoms with Gasteiger partial charge >= 0.3 is 0 Å². The molecule has 0 spiro atoms. The third-order valence-electron chi connectivity index (χ3n) is 5.04. The van der Waals surface area contributed by atoms with E-state index in [9.17, 15) is 9.59 Å². The van der Waals surface area contributed by atoms with Crippen molar-refractivity contribution in [3.63, 3.8) is 0 Å². The van der Waals surface area contributed by atoms with Gasteiger partial charge in [-0.15, -0.1) is 0 Å². The minimum atomic E-state index is -0.697. The Morgan fingerprint density at radius 3 is 2.28 bits per heavy atom. The number of nitrogens with zero attached hydrogens (tertiary/aromatic N) is 1. The van der Waals surface area contributed by atoms with E-state index in [0.29, 0.717) is 11.3 Å². The fraction of sp³-hybridized carbons (Fsp3) is 0.192. The molecule has 2 amide bonds. The van der Waals surface area contributed by atoms with E-state index in [0.717, 1.165) is 17.7 Å². The maximum absolute atomic E-state index is 12.7. The molecule has 0 aliphatic rings. The largest absolute Gasteiger partial charge is 0.457 e. The highest BCUT2D eigenvalue weighted by atomic mass is 16.5. The number of rotatable bonds is 9. The van der Waals surface area contributed by atoms with Gasteiger partial charge < -0.3 is 10.1 Å². The van der Waals surface area contributed by atoms with Crippen molar-refractivity contribution in [3.05, 3.63) is 96.1 Å². The number of carbonyl (C=O) groups is 2. The maximum Gasteiger partial charge on any atom is 0.262 e. The van der Waals surface area contributed by atoms with Crippen LogP contribution < -0.4 is 15.5 Å². The van der Waals surface area contributed by atoms with Crippen molar-refractivity contribution in [1.82, 2.24) is 10.7 Å². The second kappa shape index (κ2) is 11.5. The molecule has 2 atom stereocenters. The number of ether oxygens (including phenoxy) is 1. The predicted molar refractivity (Wildman–Crippen MR) is 126 cm³/mol. The van der Waals surface area contributed by atoms with Gasteiger partial charge in [0.1, 0.15) is 17.5 Å². The lowest BCUT2D eigenvalue weighted by Crippen LogP contribution is -2.49. The average Bonchev–Trinajstić information content (AvgIpc) is 2.83. The highest BCUT2D eigenvalue weighted by Crippen LogP contribution is 2.21. The first-order chi connectivity index (χ1) is 15.6. The summed E-state index contributed by atoms with van der Waals surface area (Å²) < 4.78 is 5.82. The Labute approximate surface area is 188 Å². The van der Waals surface area contributed by atoms with Crippen molar-refractivity contribution in [3.8, 4) is 11.5 Å². The zero-order valence-corrected chi connectivity index (χ0v) is 18.2. The van der Waals surface area contributed by atoms with Gasteiger partial charge in [-0.2, -0.15) is 5.10 Å². The maximum atomic E-state index is 12.7. The number of benzene rings is 3. The number of amides is 2. The molecule has 3 aromatic carbocycles. The van der Waals surface area contributed by atoms with Gasteiger partial charge in [0.15, 0.2) is 0 Å². The molecule has 0 aliphatic carbocycles. The molecule has 0 radical (unpaired) electrons. The average molecular weight is 430 g/mol. The number of para-hydroxylation sites is 1. The van der Waals surface area contributed by atoms with Crippen molar-refractivity contribution in [2.24, 2.45) is 11.0 Å². The number of hydrazone groups is 1. The molecule has 164 valence electrons. The molecule has 0 aliphatic heterocycles. The van der Waals surface area contributed by atoms with Crippen molar-refractivity contribution in [2.45, 2.75) is 26.3 Å². The highest BCUT2D eigenvalue weighted by Gasteiger charge is 2.26. The summed E-state index contributed by atoms with van der Waals surface area (Å²) in [5.74, 6) is 0.692. The van der Waals surface area contributed by atoms with Crippen LogP contribution >= 0.6 is 0 Å². The molecule has 3 aromatic rings. The van der Waals surface area contributed by atoms with E-state index in [4.69, 9.17) is 4.74 Å². The second-order valence-electron chi connectivity index (χ2n) is 7.42. The van der Waals surface area contributed by atoms with Crippen LogP contribution in [0.5, 0.6) is 11.5 Å². The quantitative estimate of drug-likeness (QED) is 0.380. The Kier molecular flexibility index (Phi) is 8.15. The molecule has 2 N–H and O–H groups in total. The Morgan fingerprint density at radius 1 is 0.938 bits per heavy atom. The lowest BCUT2D eigenvalue weighted by molar-refractivity contribution is -0.124. The van der Waals surface area contributed by atoms with Gasteiger partial charge in [-0.3, -0.25) is 9.59 Å². The third kappa shape index (κ3) is 6.54. The van der Waals surface area contributed by atoms with Crippen molar-refractivity contribution in [1.29, 1.82) is 0 Å². The van der Waals surface area contributed by atoms with E-state index in [2.05, 4.69) is 15.8 Å². The van der Waals surface area contributed by atoms with Crippen LogP contribution in [0, 0.1) is 5.92 Å². The Hall–Kier alpha value is -3.93. The number of hydrogen-bond donors (Lipinski definition) is 2. The summed E-state index contributed by atoms with van der Waals surface area (Å²) in [5.41, 5.74) is 3.82. The van der Waals surface area contributed by atoms with Crippen molar-refractivity contribution in [2.75, 3.05) is 0 Å². The van der Waals surface area contributed by atoms with Crippen LogP contribution in [-0.2, 0) is 4.79 Å². The van der Waals surface area contributed by atoms with Gasteiger partial charge in [0.05, 0.1) is 6.21 Å². The van der Waals surface area contributed by atoms with E-state index in [1.54, 1.807) is 30.5 Å². The Balaban J connectivity index is 1.63. The van der Waals surface area contributed by atoms with Crippen LogP contribution in [-0.4, -0.2) is 24.1 Å². The number of carbonyl (C=O) groups excluding carboxylic acids is 2. The molecule has 3 rings (SSSR count). The fourth-order valence-corrected chi connectivity index (χ4v) is 3.04. The first-order valence-corrected chi connectivity index (χ1v) is 10.6. The van der Waals surface area contributed by atoms with Gasteiger partial charge in [-0.05, 0) is 47.9 Å². The lowest BCUT2D eigenvalue weighted by atomic mass is 9.98. The lowest BCUT2D eigenvalue weighted by Gasteiger charge is -2.22. The third-order valence-corrected chi connectivity index (χ3v) is 5.04. The van der Waals surface area contributed by atoms with E-state index in [1.807, 2.05) is 74.5 Å². The topological polar surface area (TPSA) is 79.8 Å². The summed E-state index contributed by atoms with van der Waals surface area (Å²) in [6, 6.07) is 25.0. The molecule has 0 saturated heterocycles. The Morgan fingerprint density at radius 2 is 1.59 bits per heavy atom. The van der Waals surface area contributed by atoms with Crippen molar-refractivity contribution < 1.29 is 14.3 Å². The van der Waals surface area contributed by atoms with Gasteiger partial charge in [-0.25, -0.2) is 5.43 Å². The van der Waals surface area contributed by atoms with Gasteiger partial charge in [-0.1, -0.05) is 68.8 Å². The van der Waals surface area contributed by atoms with E-state index < -0.39 is 6.04 Å². The minimum absolute atomic E-state index is 0.0551. The van der Waals surface area contributed by atoms with Crippen LogP contribution in [0.4, 0.5) is 0 Å². The second-order valence-corrected chi connectivity index (χ2v) is 7.42. The first kappa shape index (κ1) is 22.7. The van der Waals surface area contributed by atoms with Gasteiger partial charge in [0.25, 0.3) is 11.8 Å². The molecule has 1 unspecified atom stereocenters. The minimum Gasteiger partial charge on any atom is -0.457 e. The normalized spacial score (nSPS) is 12.7. The van der Waals surface area contributed by atoms with Gasteiger partial charge in [0, 0.05) is 5.56 Å². The molecule has 6 heteroatoms. The Bertz CT molecular complexity index is 1050. The van der Waals surface area contributed by atoms with Gasteiger partial charge in [0.2, 0.25) is 0 Å². The molecule has 0 fully saturated rings. The van der Waals surface area contributed by atoms with E-state index >= 15 is 0 Å². The van der Waals surface area contributed by atoms with Crippen LogP contribution in [0.1, 0.15) is 36.2 Å². The predicted octanol–water partition coefficient (Wildman–Crippen LogP) is 4.77. The number of nitrogens with one attached hydrogen (secondary N) is 2. The summed E-state index contributed by atoms with van der Waals surface area (Å²) >= 11 is 0. The molecule has 0 aromatic heterocycles.